The molecule has 0 saturated carbocycles. The minimum atomic E-state index is -0.766. The van der Waals surface area contributed by atoms with Gasteiger partial charge in [0.15, 0.2) is 6.61 Å². The van der Waals surface area contributed by atoms with E-state index in [-0.39, 0.29) is 31.0 Å². The number of carbonyl (C=O) groups is 2. The van der Waals surface area contributed by atoms with Gasteiger partial charge < -0.3 is 19.7 Å². The highest BCUT2D eigenvalue weighted by Gasteiger charge is 2.31. The van der Waals surface area contributed by atoms with Crippen LogP contribution < -0.4 is 14.8 Å². The first-order chi connectivity index (χ1) is 17.8. The van der Waals surface area contributed by atoms with E-state index in [1.165, 1.54) is 0 Å². The molecule has 3 aromatic rings. The molecular weight excluding hydrogens is 511 g/mol. The lowest BCUT2D eigenvalue weighted by Crippen LogP contribution is -2.53. The van der Waals surface area contributed by atoms with Crippen molar-refractivity contribution in [1.29, 1.82) is 0 Å². The number of ether oxygens (including phenoxy) is 2. The Morgan fingerprint density at radius 2 is 1.59 bits per heavy atom. The lowest BCUT2D eigenvalue weighted by atomic mass is 10.0. The Hall–Kier alpha value is -3.22. The molecular formula is C29H32Cl2N2O4. The second kappa shape index (κ2) is 13.9. The lowest BCUT2D eigenvalue weighted by molar-refractivity contribution is -0.143. The molecule has 0 fully saturated rings. The predicted octanol–water partition coefficient (Wildman–Crippen LogP) is 5.94. The maximum Gasteiger partial charge on any atom is 0.261 e. The molecule has 1 N–H and O–H groups in total. The molecule has 196 valence electrons. The Balaban J connectivity index is 1.91. The standard InChI is InChI=1S/C29H32Cl2N2O4/c1-4-20(2)32-29(35)27(17-21-8-6-5-7-9-21)33(18-22-10-15-25(30)26(31)16-22)28(34)19-37-24-13-11-23(36-3)12-14-24/h5-16,20,27H,4,17-19H2,1-3H3,(H,32,35)/t20-,27-/m1/s1. The molecule has 0 unspecified atom stereocenters. The van der Waals surface area contributed by atoms with Crippen molar-refractivity contribution in [3.8, 4) is 11.5 Å². The Labute approximate surface area is 228 Å². The summed E-state index contributed by atoms with van der Waals surface area (Å²) in [6, 6.07) is 21.0. The van der Waals surface area contributed by atoms with E-state index in [2.05, 4.69) is 5.32 Å². The molecule has 0 aliphatic rings. The van der Waals surface area contributed by atoms with Crippen molar-refractivity contribution in [3.05, 3.63) is 94.0 Å². The van der Waals surface area contributed by atoms with E-state index in [0.29, 0.717) is 28.0 Å². The topological polar surface area (TPSA) is 67.9 Å². The zero-order chi connectivity index (χ0) is 26.8. The van der Waals surface area contributed by atoms with Crippen molar-refractivity contribution in [3.63, 3.8) is 0 Å². The zero-order valence-electron chi connectivity index (χ0n) is 21.2. The van der Waals surface area contributed by atoms with Crippen LogP contribution in [0.4, 0.5) is 0 Å². The lowest BCUT2D eigenvalue weighted by Gasteiger charge is -2.32. The molecule has 6 nitrogen and oxygen atoms in total. The fraction of sp³-hybridized carbons (Fsp3) is 0.310. The van der Waals surface area contributed by atoms with Crippen LogP contribution in [-0.2, 0) is 22.6 Å². The summed E-state index contributed by atoms with van der Waals surface area (Å²) in [6.07, 6.45) is 1.11. The van der Waals surface area contributed by atoms with Crippen LogP contribution in [0.2, 0.25) is 10.0 Å². The second-order valence-electron chi connectivity index (χ2n) is 8.76. The van der Waals surface area contributed by atoms with Gasteiger partial charge in [0, 0.05) is 19.0 Å². The van der Waals surface area contributed by atoms with Gasteiger partial charge in [-0.05, 0) is 60.9 Å². The van der Waals surface area contributed by atoms with Gasteiger partial charge in [0.05, 0.1) is 17.2 Å². The van der Waals surface area contributed by atoms with Crippen molar-refractivity contribution in [2.75, 3.05) is 13.7 Å². The van der Waals surface area contributed by atoms with Crippen LogP contribution in [-0.4, -0.2) is 42.5 Å². The van der Waals surface area contributed by atoms with Crippen molar-refractivity contribution < 1.29 is 19.1 Å². The number of carbonyl (C=O) groups excluding carboxylic acids is 2. The molecule has 0 heterocycles. The van der Waals surface area contributed by atoms with Gasteiger partial charge in [-0.15, -0.1) is 0 Å². The van der Waals surface area contributed by atoms with Crippen molar-refractivity contribution in [2.24, 2.45) is 0 Å². The molecule has 0 aliphatic heterocycles. The molecule has 0 aliphatic carbocycles. The van der Waals surface area contributed by atoms with E-state index in [0.717, 1.165) is 17.5 Å². The molecule has 0 aromatic heterocycles. The van der Waals surface area contributed by atoms with Crippen LogP contribution in [0.5, 0.6) is 11.5 Å². The van der Waals surface area contributed by atoms with Crippen LogP contribution in [0.1, 0.15) is 31.4 Å². The van der Waals surface area contributed by atoms with E-state index in [1.807, 2.05) is 44.2 Å². The maximum absolute atomic E-state index is 13.6. The number of nitrogens with zero attached hydrogens (tertiary/aromatic N) is 1. The van der Waals surface area contributed by atoms with Crippen LogP contribution in [0.15, 0.2) is 72.8 Å². The average molecular weight is 543 g/mol. The third kappa shape index (κ3) is 8.41. The first-order valence-corrected chi connectivity index (χ1v) is 12.9. The normalized spacial score (nSPS) is 12.4. The highest BCUT2D eigenvalue weighted by molar-refractivity contribution is 6.42. The number of nitrogens with one attached hydrogen (secondary N) is 1. The summed E-state index contributed by atoms with van der Waals surface area (Å²) >= 11 is 12.4. The van der Waals surface area contributed by atoms with Gasteiger partial charge in [-0.1, -0.05) is 66.5 Å². The molecule has 0 spiro atoms. The van der Waals surface area contributed by atoms with Crippen LogP contribution >= 0.6 is 23.2 Å². The molecule has 0 saturated heterocycles. The number of benzene rings is 3. The van der Waals surface area contributed by atoms with E-state index < -0.39 is 6.04 Å². The van der Waals surface area contributed by atoms with Crippen LogP contribution in [0.25, 0.3) is 0 Å². The quantitative estimate of drug-likeness (QED) is 0.307. The van der Waals surface area contributed by atoms with Gasteiger partial charge in [0.1, 0.15) is 17.5 Å². The predicted molar refractivity (Wildman–Crippen MR) is 147 cm³/mol. The number of hydrogen-bond acceptors (Lipinski definition) is 4. The van der Waals surface area contributed by atoms with E-state index >= 15 is 0 Å². The van der Waals surface area contributed by atoms with Crippen molar-refractivity contribution in [2.45, 2.75) is 45.3 Å². The van der Waals surface area contributed by atoms with Crippen LogP contribution in [0, 0.1) is 0 Å². The Morgan fingerprint density at radius 3 is 2.22 bits per heavy atom. The second-order valence-corrected chi connectivity index (χ2v) is 9.57. The number of rotatable bonds is 12. The first-order valence-electron chi connectivity index (χ1n) is 12.1. The molecule has 37 heavy (non-hydrogen) atoms. The molecule has 2 atom stereocenters. The third-order valence-electron chi connectivity index (χ3n) is 6.03. The van der Waals surface area contributed by atoms with Gasteiger partial charge in [-0.3, -0.25) is 9.59 Å². The summed E-state index contributed by atoms with van der Waals surface area (Å²) < 4.78 is 11.0. The summed E-state index contributed by atoms with van der Waals surface area (Å²) in [7, 11) is 1.58. The summed E-state index contributed by atoms with van der Waals surface area (Å²) in [6.45, 7) is 3.86. The smallest absolute Gasteiger partial charge is 0.261 e. The number of hydrogen-bond donors (Lipinski definition) is 1. The largest absolute Gasteiger partial charge is 0.497 e. The van der Waals surface area contributed by atoms with Gasteiger partial charge in [-0.25, -0.2) is 0 Å². The summed E-state index contributed by atoms with van der Waals surface area (Å²) in [5, 5.41) is 3.84. The summed E-state index contributed by atoms with van der Waals surface area (Å²) in [5.41, 5.74) is 1.69. The SMILES string of the molecule is CC[C@@H](C)NC(=O)[C@@H](Cc1ccccc1)N(Cc1ccc(Cl)c(Cl)c1)C(=O)COc1ccc(OC)cc1. The Bertz CT molecular complexity index is 1170. The van der Waals surface area contributed by atoms with Gasteiger partial charge in [0.2, 0.25) is 5.91 Å². The van der Waals surface area contributed by atoms with E-state index in [1.54, 1.807) is 54.5 Å². The fourth-order valence-corrected chi connectivity index (χ4v) is 4.05. The number of amides is 2. The average Bonchev–Trinajstić information content (AvgIpc) is 2.91. The van der Waals surface area contributed by atoms with Crippen LogP contribution in [0.3, 0.4) is 0 Å². The summed E-state index contributed by atoms with van der Waals surface area (Å²) in [4.78, 5) is 28.7. The van der Waals surface area contributed by atoms with Gasteiger partial charge in [-0.2, -0.15) is 0 Å². The first kappa shape index (κ1) is 28.4. The van der Waals surface area contributed by atoms with E-state index in [4.69, 9.17) is 32.7 Å². The highest BCUT2D eigenvalue weighted by atomic mass is 35.5. The number of halogens is 2. The van der Waals surface area contributed by atoms with Crippen molar-refractivity contribution >= 4 is 35.0 Å². The van der Waals surface area contributed by atoms with Gasteiger partial charge in [0.25, 0.3) is 5.91 Å². The minimum absolute atomic E-state index is 0.0387. The highest BCUT2D eigenvalue weighted by Crippen LogP contribution is 2.25. The Morgan fingerprint density at radius 1 is 0.919 bits per heavy atom. The zero-order valence-corrected chi connectivity index (χ0v) is 22.8. The molecule has 8 heteroatoms. The monoisotopic (exact) mass is 542 g/mol. The molecule has 3 aromatic carbocycles. The Kier molecular flexibility index (Phi) is 10.7. The molecule has 2 amide bonds. The van der Waals surface area contributed by atoms with Crippen molar-refractivity contribution in [1.82, 2.24) is 10.2 Å². The molecule has 0 bridgehead atoms. The maximum atomic E-state index is 13.6. The molecule has 3 rings (SSSR count). The fourth-order valence-electron chi connectivity index (χ4n) is 3.73. The number of methoxy groups -OCH3 is 1. The summed E-state index contributed by atoms with van der Waals surface area (Å²) in [5.74, 6) is 0.648. The van der Waals surface area contributed by atoms with E-state index in [9.17, 15) is 9.59 Å². The third-order valence-corrected chi connectivity index (χ3v) is 6.77. The van der Waals surface area contributed by atoms with Gasteiger partial charge >= 0.3 is 0 Å². The minimum Gasteiger partial charge on any atom is -0.497 e. The molecule has 0 radical (unpaired) electrons.